The number of hydrogen-bond acceptors (Lipinski definition) is 19. The lowest BCUT2D eigenvalue weighted by molar-refractivity contribution is -0.365. The number of hydrogen-bond donors (Lipinski definition) is 10. The van der Waals surface area contributed by atoms with E-state index in [9.17, 15) is 33.6 Å². The molecule has 25 nitrogen and oxygen atoms in total. The topological polar surface area (TPSA) is 376 Å². The third-order valence-corrected chi connectivity index (χ3v) is 6.35. The Kier molecular flexibility index (Phi) is 54.5. The molecule has 0 saturated heterocycles. The van der Waals surface area contributed by atoms with Crippen molar-refractivity contribution in [2.45, 2.75) is 138 Å². The quantitative estimate of drug-likeness (QED) is 0.00729. The highest BCUT2D eigenvalue weighted by molar-refractivity contribution is 5.78. The van der Waals surface area contributed by atoms with Gasteiger partial charge in [-0.15, -0.1) is 10.2 Å². The van der Waals surface area contributed by atoms with E-state index in [1.54, 1.807) is 13.8 Å². The maximum atomic E-state index is 11.3. The van der Waals surface area contributed by atoms with E-state index < -0.39 is 5.97 Å². The molecule has 0 bridgehead atoms. The van der Waals surface area contributed by atoms with E-state index in [0.29, 0.717) is 117 Å². The van der Waals surface area contributed by atoms with Crippen molar-refractivity contribution in [1.29, 1.82) is 0 Å². The molecule has 0 rings (SSSR count). The molecule has 0 radical (unpaired) electrons. The number of amides is 6. The van der Waals surface area contributed by atoms with Gasteiger partial charge in [-0.1, -0.05) is 0 Å². The molecule has 0 unspecified atom stereocenters. The molecule has 0 atom stereocenters. The molecule has 0 spiro atoms. The lowest BCUT2D eigenvalue weighted by Crippen LogP contribution is -2.35. The van der Waals surface area contributed by atoms with Gasteiger partial charge >= 0.3 is 5.97 Å². The number of nitrogens with zero attached hydrogens (tertiary/aromatic N) is 2. The summed E-state index contributed by atoms with van der Waals surface area (Å²) in [7, 11) is 0. The van der Waals surface area contributed by atoms with Crippen LogP contribution in [0.1, 0.15) is 132 Å². The standard InChI is InChI=1S/C12H22N4O4.C8H18O3.2C6H14N4O2.C4H8O2/c1-3-19-9-13-15-11(17)7-5-6-8-12(18)16-14-10-20-4-2;1-5-9-8(4,10-6-2)11-7-3;2*7-9-5(11)3-1-2-4-6(12)10-8;1-3-6-4(2)5/h9-10H,3-8H2,1-2H3,(H,15,17)(H,16,18);5-7H2,1-4H3;2*1-4,7-8H2,(H,9,11)(H,10,12);3H2,1-2H3/b13-9+,14-10+;;;;. The van der Waals surface area contributed by atoms with E-state index in [1.807, 2.05) is 56.3 Å². The summed E-state index contributed by atoms with van der Waals surface area (Å²) in [6, 6.07) is 0. The van der Waals surface area contributed by atoms with Crippen molar-refractivity contribution in [3.63, 3.8) is 0 Å². The highest BCUT2D eigenvalue weighted by atomic mass is 16.9. The van der Waals surface area contributed by atoms with Gasteiger partial charge in [0.05, 0.1) is 19.8 Å². The van der Waals surface area contributed by atoms with Crippen LogP contribution in [0.25, 0.3) is 0 Å². The fourth-order valence-corrected chi connectivity index (χ4v) is 3.65. The molecule has 61 heavy (non-hydrogen) atoms. The second-order valence-corrected chi connectivity index (χ2v) is 11.4. The summed E-state index contributed by atoms with van der Waals surface area (Å²) in [5.74, 6) is 17.0. The maximum absolute atomic E-state index is 11.3. The molecule has 0 aromatic heterocycles. The molecule has 0 heterocycles. The van der Waals surface area contributed by atoms with E-state index in [4.69, 9.17) is 47.1 Å². The summed E-state index contributed by atoms with van der Waals surface area (Å²) in [6.45, 7) is 17.6. The van der Waals surface area contributed by atoms with Crippen LogP contribution in [-0.4, -0.2) is 99.8 Å². The number of hydrazone groups is 2. The lowest BCUT2D eigenvalue weighted by Gasteiger charge is -2.27. The summed E-state index contributed by atoms with van der Waals surface area (Å²) >= 11 is 0. The molecule has 0 fully saturated rings. The van der Waals surface area contributed by atoms with Gasteiger partial charge in [-0.05, 0) is 80.1 Å². The van der Waals surface area contributed by atoms with Gasteiger partial charge < -0.3 is 28.4 Å². The highest BCUT2D eigenvalue weighted by Gasteiger charge is 2.24. The highest BCUT2D eigenvalue weighted by Crippen LogP contribution is 2.13. The first-order valence-corrected chi connectivity index (χ1v) is 19.9. The molecule has 14 N–H and O–H groups in total. The minimum atomic E-state index is -0.849. The van der Waals surface area contributed by atoms with Crippen molar-refractivity contribution in [2.24, 2.45) is 33.6 Å². The van der Waals surface area contributed by atoms with Crippen LogP contribution in [0.5, 0.6) is 0 Å². The molecule has 0 aliphatic heterocycles. The molecule has 0 saturated carbocycles. The first-order chi connectivity index (χ1) is 29.1. The van der Waals surface area contributed by atoms with Gasteiger partial charge in [-0.3, -0.25) is 55.3 Å². The van der Waals surface area contributed by atoms with Crippen LogP contribution in [0.15, 0.2) is 10.2 Å². The Morgan fingerprint density at radius 2 is 0.721 bits per heavy atom. The summed E-state index contributed by atoms with van der Waals surface area (Å²) in [5.41, 5.74) is 12.6. The minimum Gasteiger partial charge on any atom is -0.482 e. The molecule has 6 amide bonds. The molecular formula is C36H76N12O13. The Labute approximate surface area is 360 Å². The van der Waals surface area contributed by atoms with Crippen molar-refractivity contribution in [3.05, 3.63) is 0 Å². The lowest BCUT2D eigenvalue weighted by atomic mass is 10.2. The first kappa shape index (κ1) is 65.1. The number of esters is 1. The van der Waals surface area contributed by atoms with Crippen molar-refractivity contribution < 1.29 is 62.0 Å². The second-order valence-electron chi connectivity index (χ2n) is 11.4. The zero-order valence-corrected chi connectivity index (χ0v) is 37.4. The first-order valence-electron chi connectivity index (χ1n) is 19.9. The summed E-state index contributed by atoms with van der Waals surface area (Å²) in [5, 5.41) is 7.15. The Hall–Kier alpha value is -5.05. The van der Waals surface area contributed by atoms with Gasteiger partial charge in [0.2, 0.25) is 35.4 Å². The Morgan fingerprint density at radius 3 is 0.902 bits per heavy atom. The minimum absolute atomic E-state index is 0.211. The van der Waals surface area contributed by atoms with E-state index in [1.165, 1.54) is 19.7 Å². The number of rotatable bonds is 28. The third-order valence-electron chi connectivity index (χ3n) is 6.35. The van der Waals surface area contributed by atoms with Crippen molar-refractivity contribution in [2.75, 3.05) is 39.6 Å². The van der Waals surface area contributed by atoms with Crippen LogP contribution in [0.4, 0.5) is 0 Å². The molecule has 0 aromatic rings. The van der Waals surface area contributed by atoms with Crippen molar-refractivity contribution in [1.82, 2.24) is 32.6 Å². The van der Waals surface area contributed by atoms with Crippen molar-refractivity contribution in [3.8, 4) is 0 Å². The van der Waals surface area contributed by atoms with Gasteiger partial charge in [-0.2, -0.15) is 0 Å². The third kappa shape index (κ3) is 59.3. The Morgan fingerprint density at radius 1 is 0.459 bits per heavy atom. The Balaban J connectivity index is -0.000000225. The fraction of sp³-hybridized carbons (Fsp3) is 0.750. The van der Waals surface area contributed by atoms with Crippen LogP contribution >= 0.6 is 0 Å². The van der Waals surface area contributed by atoms with Gasteiger partial charge in [0.1, 0.15) is 0 Å². The van der Waals surface area contributed by atoms with Gasteiger partial charge in [0.15, 0.2) is 12.8 Å². The number of carbonyl (C=O) groups excluding carboxylic acids is 7. The monoisotopic (exact) mass is 885 g/mol. The number of unbranched alkanes of at least 4 members (excludes halogenated alkanes) is 3. The molecule has 0 aliphatic carbocycles. The summed E-state index contributed by atoms with van der Waals surface area (Å²) in [6.07, 6.45) is 8.07. The number of hydrazine groups is 4. The van der Waals surface area contributed by atoms with Crippen LogP contribution in [0, 0.1) is 0 Å². The normalized spacial score (nSPS) is 10.0. The summed E-state index contributed by atoms with van der Waals surface area (Å²) in [4.78, 5) is 74.6. The van der Waals surface area contributed by atoms with E-state index >= 15 is 0 Å². The number of nitrogens with two attached hydrogens (primary N) is 4. The summed E-state index contributed by atoms with van der Waals surface area (Å²) < 4.78 is 29.8. The van der Waals surface area contributed by atoms with Crippen molar-refractivity contribution >= 4 is 54.2 Å². The SMILES string of the molecule is CCO/C=N/NC(=O)CCCCC(=O)N/N=C/OCC.CCOC(C)(OCC)OCC.CCOC(C)=O.NNC(=O)CCCCC(=O)NN.NNC(=O)CCCCC(=O)NN. The predicted molar refractivity (Wildman–Crippen MR) is 227 cm³/mol. The van der Waals surface area contributed by atoms with Crippen LogP contribution < -0.4 is 55.9 Å². The number of carbonyl (C=O) groups is 7. The molecule has 0 aromatic carbocycles. The molecule has 25 heteroatoms. The maximum Gasteiger partial charge on any atom is 0.302 e. The van der Waals surface area contributed by atoms with E-state index in [2.05, 4.69) is 25.8 Å². The van der Waals surface area contributed by atoms with Crippen LogP contribution in [0.3, 0.4) is 0 Å². The second kappa shape index (κ2) is 51.1. The van der Waals surface area contributed by atoms with E-state index in [0.717, 1.165) is 0 Å². The molecule has 0 aliphatic rings. The van der Waals surface area contributed by atoms with Gasteiger partial charge in [-0.25, -0.2) is 34.2 Å². The van der Waals surface area contributed by atoms with Crippen LogP contribution in [-0.2, 0) is 62.0 Å². The largest absolute Gasteiger partial charge is 0.482 e. The zero-order valence-electron chi connectivity index (χ0n) is 37.4. The molecule has 358 valence electrons. The van der Waals surface area contributed by atoms with Gasteiger partial charge in [0, 0.05) is 72.2 Å². The smallest absolute Gasteiger partial charge is 0.302 e. The zero-order chi connectivity index (χ0) is 47.6. The Bertz CT molecular complexity index is 1060. The van der Waals surface area contributed by atoms with Gasteiger partial charge in [0.25, 0.3) is 5.97 Å². The molecular weight excluding hydrogens is 808 g/mol. The average molecular weight is 885 g/mol. The number of nitrogens with one attached hydrogen (secondary N) is 6. The number of ether oxygens (including phenoxy) is 6. The predicted octanol–water partition coefficient (Wildman–Crippen LogP) is 0.131. The van der Waals surface area contributed by atoms with Crippen LogP contribution in [0.2, 0.25) is 0 Å². The fourth-order valence-electron chi connectivity index (χ4n) is 3.65. The average Bonchev–Trinajstić information content (AvgIpc) is 3.23. The van der Waals surface area contributed by atoms with E-state index in [-0.39, 0.29) is 41.4 Å².